The largest absolute Gasteiger partial charge is 0.330 e. The van der Waals surface area contributed by atoms with Crippen LogP contribution >= 0.6 is 0 Å². The van der Waals surface area contributed by atoms with Crippen molar-refractivity contribution in [1.29, 1.82) is 0 Å². The molecule has 0 saturated carbocycles. The van der Waals surface area contributed by atoms with Gasteiger partial charge >= 0.3 is 0 Å². The average Bonchev–Trinajstić information content (AvgIpc) is 2.26. The van der Waals surface area contributed by atoms with E-state index >= 15 is 0 Å². The Balaban J connectivity index is 2.63. The molecule has 0 aromatic heterocycles. The molecule has 0 aliphatic rings. The Morgan fingerprint density at radius 2 is 2.06 bits per heavy atom. The molecule has 1 unspecified atom stereocenters. The first kappa shape index (κ1) is 13.0. The summed E-state index contributed by atoms with van der Waals surface area (Å²) in [5.41, 5.74) is 4.88. The smallest absolute Gasteiger partial charge is 0.245 e. The minimum absolute atomic E-state index is 0.0695. The fraction of sp³-hybridized carbons (Fsp3) is 0.500. The van der Waals surface area contributed by atoms with Crippen LogP contribution in [0, 0.1) is 11.2 Å². The van der Waals surface area contributed by atoms with Crippen LogP contribution in [-0.4, -0.2) is 13.0 Å². The van der Waals surface area contributed by atoms with Crippen molar-refractivity contribution in [2.75, 3.05) is 6.54 Å². The molecule has 90 valence electrons. The lowest BCUT2D eigenvalue weighted by atomic mass is 9.84. The van der Waals surface area contributed by atoms with Crippen molar-refractivity contribution in [2.45, 2.75) is 26.2 Å². The second kappa shape index (κ2) is 5.34. The maximum absolute atomic E-state index is 12.9. The van der Waals surface area contributed by atoms with Gasteiger partial charge in [0.1, 0.15) is 5.82 Å². The third kappa shape index (κ3) is 3.23. The number of rotatable bonds is 5. The van der Waals surface area contributed by atoms with E-state index in [-0.39, 0.29) is 18.8 Å². The van der Waals surface area contributed by atoms with Crippen LogP contribution in [0.4, 0.5) is 13.2 Å². The van der Waals surface area contributed by atoms with Gasteiger partial charge in [-0.05, 0) is 30.5 Å². The molecular weight excluding hydrogens is 215 g/mol. The third-order valence-corrected chi connectivity index (χ3v) is 2.87. The van der Waals surface area contributed by atoms with Crippen molar-refractivity contribution in [3.8, 4) is 0 Å². The molecule has 0 amide bonds. The number of halogens is 3. The lowest BCUT2D eigenvalue weighted by molar-refractivity contribution is 0.00754. The minimum Gasteiger partial charge on any atom is -0.330 e. The van der Waals surface area contributed by atoms with Gasteiger partial charge in [0.2, 0.25) is 6.43 Å². The molecule has 1 aromatic carbocycles. The highest BCUT2D eigenvalue weighted by atomic mass is 19.3. The fourth-order valence-corrected chi connectivity index (χ4v) is 1.42. The van der Waals surface area contributed by atoms with Crippen LogP contribution in [-0.2, 0) is 6.42 Å². The summed E-state index contributed by atoms with van der Waals surface area (Å²) in [6.07, 6.45) is -1.79. The van der Waals surface area contributed by atoms with E-state index in [9.17, 15) is 13.2 Å². The number of benzene rings is 1. The van der Waals surface area contributed by atoms with Gasteiger partial charge in [0.15, 0.2) is 0 Å². The molecule has 1 nitrogen and oxygen atoms in total. The molecule has 16 heavy (non-hydrogen) atoms. The Hall–Kier alpha value is -1.03. The Kier molecular flexibility index (Phi) is 4.35. The zero-order valence-electron chi connectivity index (χ0n) is 9.22. The van der Waals surface area contributed by atoms with Crippen LogP contribution in [0.5, 0.6) is 0 Å². The summed E-state index contributed by atoms with van der Waals surface area (Å²) in [7, 11) is 0. The van der Waals surface area contributed by atoms with Gasteiger partial charge in [0, 0.05) is 12.0 Å². The molecule has 0 aliphatic carbocycles. The molecule has 0 radical (unpaired) electrons. The lowest BCUT2D eigenvalue weighted by Crippen LogP contribution is -2.35. The van der Waals surface area contributed by atoms with Crippen LogP contribution in [0.25, 0.3) is 0 Å². The molecule has 4 heteroatoms. The number of nitrogens with two attached hydrogens (primary N) is 1. The van der Waals surface area contributed by atoms with Crippen LogP contribution in [0.3, 0.4) is 0 Å². The Morgan fingerprint density at radius 3 is 2.56 bits per heavy atom. The number of hydrogen-bond donors (Lipinski definition) is 1. The van der Waals surface area contributed by atoms with Gasteiger partial charge in [-0.25, -0.2) is 13.2 Å². The molecule has 0 bridgehead atoms. The van der Waals surface area contributed by atoms with Gasteiger partial charge in [0.05, 0.1) is 0 Å². The second-order valence-electron chi connectivity index (χ2n) is 4.29. The number of alkyl halides is 2. The van der Waals surface area contributed by atoms with Crippen LogP contribution in [0.2, 0.25) is 0 Å². The maximum Gasteiger partial charge on any atom is 0.245 e. The van der Waals surface area contributed by atoms with Gasteiger partial charge in [-0.1, -0.05) is 19.1 Å². The quantitative estimate of drug-likeness (QED) is 0.828. The van der Waals surface area contributed by atoms with Crippen molar-refractivity contribution < 1.29 is 13.2 Å². The topological polar surface area (TPSA) is 26.0 Å². The van der Waals surface area contributed by atoms with Crippen LogP contribution in [0.15, 0.2) is 24.3 Å². The first-order valence-electron chi connectivity index (χ1n) is 5.20. The molecule has 0 fully saturated rings. The summed E-state index contributed by atoms with van der Waals surface area (Å²) in [5.74, 6) is -0.344. The van der Waals surface area contributed by atoms with Gasteiger partial charge in [-0.15, -0.1) is 0 Å². The predicted molar refractivity (Wildman–Crippen MR) is 57.9 cm³/mol. The van der Waals surface area contributed by atoms with E-state index in [0.29, 0.717) is 6.42 Å². The van der Waals surface area contributed by atoms with E-state index in [0.717, 1.165) is 5.56 Å². The zero-order valence-corrected chi connectivity index (χ0v) is 9.22. The highest BCUT2D eigenvalue weighted by Gasteiger charge is 2.32. The Bertz CT molecular complexity index is 341. The molecule has 1 atom stereocenters. The minimum atomic E-state index is -2.45. The summed E-state index contributed by atoms with van der Waals surface area (Å²) in [6.45, 7) is 1.39. The van der Waals surface area contributed by atoms with Crippen molar-refractivity contribution in [3.05, 3.63) is 35.6 Å². The summed E-state index contributed by atoms with van der Waals surface area (Å²) >= 11 is 0. The lowest BCUT2D eigenvalue weighted by Gasteiger charge is -2.26. The Labute approximate surface area is 93.5 Å². The zero-order chi connectivity index (χ0) is 12.2. The van der Waals surface area contributed by atoms with Crippen LogP contribution < -0.4 is 5.73 Å². The third-order valence-electron chi connectivity index (χ3n) is 2.87. The van der Waals surface area contributed by atoms with E-state index in [1.54, 1.807) is 12.1 Å². The van der Waals surface area contributed by atoms with E-state index in [1.165, 1.54) is 19.1 Å². The van der Waals surface area contributed by atoms with E-state index in [1.807, 2.05) is 0 Å². The molecule has 0 spiro atoms. The van der Waals surface area contributed by atoms with Crippen molar-refractivity contribution in [1.82, 2.24) is 0 Å². The monoisotopic (exact) mass is 231 g/mol. The maximum atomic E-state index is 12.9. The number of hydrogen-bond acceptors (Lipinski definition) is 1. The molecule has 2 N–H and O–H groups in total. The van der Waals surface area contributed by atoms with Crippen LogP contribution in [0.1, 0.15) is 18.9 Å². The van der Waals surface area contributed by atoms with Gasteiger partial charge in [-0.2, -0.15) is 0 Å². The second-order valence-corrected chi connectivity index (χ2v) is 4.29. The molecule has 0 aliphatic heterocycles. The van der Waals surface area contributed by atoms with Crippen molar-refractivity contribution >= 4 is 0 Å². The summed E-state index contributed by atoms with van der Waals surface area (Å²) < 4.78 is 38.3. The van der Waals surface area contributed by atoms with Gasteiger partial charge < -0.3 is 5.73 Å². The molecular formula is C12H16F3N. The van der Waals surface area contributed by atoms with E-state index < -0.39 is 11.8 Å². The van der Waals surface area contributed by atoms with E-state index in [4.69, 9.17) is 5.73 Å². The SMILES string of the molecule is CC(CN)(CCc1cccc(F)c1)C(F)F. The molecule has 1 rings (SSSR count). The highest BCUT2D eigenvalue weighted by Crippen LogP contribution is 2.29. The summed E-state index contributed by atoms with van der Waals surface area (Å²) in [6, 6.07) is 6.00. The standard InChI is InChI=1S/C12H16F3N/c1-12(8-16,11(14)15)6-5-9-3-2-4-10(13)7-9/h2-4,7,11H,5-6,8,16H2,1H3. The molecule has 0 heterocycles. The molecule has 0 saturated heterocycles. The first-order chi connectivity index (χ1) is 7.48. The van der Waals surface area contributed by atoms with E-state index in [2.05, 4.69) is 0 Å². The van der Waals surface area contributed by atoms with Crippen molar-refractivity contribution in [2.24, 2.45) is 11.1 Å². The first-order valence-corrected chi connectivity index (χ1v) is 5.20. The summed E-state index contributed by atoms with van der Waals surface area (Å²) in [4.78, 5) is 0. The molecule has 1 aromatic rings. The summed E-state index contributed by atoms with van der Waals surface area (Å²) in [5, 5.41) is 0. The highest BCUT2D eigenvalue weighted by molar-refractivity contribution is 5.16. The van der Waals surface area contributed by atoms with Gasteiger partial charge in [0.25, 0.3) is 0 Å². The predicted octanol–water partition coefficient (Wildman–Crippen LogP) is 2.99. The average molecular weight is 231 g/mol. The van der Waals surface area contributed by atoms with Gasteiger partial charge in [-0.3, -0.25) is 0 Å². The fourth-order valence-electron chi connectivity index (χ4n) is 1.42. The number of aryl methyl sites for hydroxylation is 1. The Morgan fingerprint density at radius 1 is 1.38 bits per heavy atom. The van der Waals surface area contributed by atoms with Crippen molar-refractivity contribution in [3.63, 3.8) is 0 Å². The normalized spacial score (nSPS) is 15.1.